The van der Waals surface area contributed by atoms with Gasteiger partial charge in [-0.15, -0.1) is 0 Å². The number of benzene rings is 3. The molecule has 1 aliphatic rings. The molecule has 3 N–H and O–H groups in total. The molecule has 4 aromatic rings. The predicted octanol–water partition coefficient (Wildman–Crippen LogP) is 6.49. The molecule has 0 spiro atoms. The average Bonchev–Trinajstić information content (AvgIpc) is 3.50. The van der Waals surface area contributed by atoms with E-state index in [0.29, 0.717) is 23.9 Å². The Bertz CT molecular complexity index is 1680. The maximum absolute atomic E-state index is 13.6. The second kappa shape index (κ2) is 12.8. The highest BCUT2D eigenvalue weighted by Gasteiger charge is 2.33. The number of hydrogen-bond donors (Lipinski definition) is 3. The smallest absolute Gasteiger partial charge is 0.334 e. The Morgan fingerprint density at radius 2 is 1.60 bits per heavy atom. The molecule has 0 aliphatic carbocycles. The van der Waals surface area contributed by atoms with Crippen LogP contribution in [0.2, 0.25) is 0 Å². The van der Waals surface area contributed by atoms with Crippen LogP contribution in [0.15, 0.2) is 96.2 Å². The van der Waals surface area contributed by atoms with Gasteiger partial charge in [0.1, 0.15) is 0 Å². The Morgan fingerprint density at radius 1 is 0.884 bits per heavy atom. The number of urea groups is 1. The second-order valence-corrected chi connectivity index (χ2v) is 11.9. The molecule has 0 unspecified atom stereocenters. The van der Waals surface area contributed by atoms with Gasteiger partial charge in [0.15, 0.2) is 0 Å². The van der Waals surface area contributed by atoms with Gasteiger partial charge in [-0.05, 0) is 91.2 Å². The van der Waals surface area contributed by atoms with Crippen LogP contribution in [0.25, 0.3) is 11.1 Å². The molecule has 0 atom stereocenters. The number of aromatic nitrogens is 1. The minimum Gasteiger partial charge on any atom is -0.334 e. The van der Waals surface area contributed by atoms with E-state index >= 15 is 0 Å². The van der Waals surface area contributed by atoms with E-state index in [9.17, 15) is 26.4 Å². The summed E-state index contributed by atoms with van der Waals surface area (Å²) in [7, 11) is -4.45. The first-order valence-corrected chi connectivity index (χ1v) is 15.1. The van der Waals surface area contributed by atoms with Crippen molar-refractivity contribution in [1.82, 2.24) is 15.2 Å². The molecule has 1 aliphatic heterocycles. The lowest BCUT2D eigenvalue weighted by Gasteiger charge is -2.18. The molecule has 0 radical (unpaired) electrons. The number of likely N-dealkylation sites (tertiary alicyclic amines) is 1. The van der Waals surface area contributed by atoms with Gasteiger partial charge in [0, 0.05) is 42.4 Å². The van der Waals surface area contributed by atoms with Crippen molar-refractivity contribution in [1.29, 1.82) is 0 Å². The third kappa shape index (κ3) is 7.90. The number of carbonyl (C=O) groups excluding carboxylic acids is 1. The van der Waals surface area contributed by atoms with E-state index in [2.05, 4.69) is 25.2 Å². The normalized spacial score (nSPS) is 13.9. The van der Waals surface area contributed by atoms with Gasteiger partial charge in [-0.25, -0.2) is 13.2 Å². The van der Waals surface area contributed by atoms with E-state index in [0.717, 1.165) is 43.1 Å². The summed E-state index contributed by atoms with van der Waals surface area (Å²) in [4.78, 5) is 18.0. The maximum atomic E-state index is 13.6. The molecule has 2 heterocycles. The molecule has 1 fully saturated rings. The van der Waals surface area contributed by atoms with Crippen molar-refractivity contribution in [3.8, 4) is 11.1 Å². The Balaban J connectivity index is 1.35. The predicted molar refractivity (Wildman–Crippen MR) is 159 cm³/mol. The fraction of sp³-hybridized carbons (Fsp3) is 0.226. The third-order valence-electron chi connectivity index (χ3n) is 7.01. The molecule has 1 aromatic heterocycles. The van der Waals surface area contributed by atoms with Crippen LogP contribution < -0.4 is 15.4 Å². The molecule has 5 rings (SSSR count). The number of carbonyl (C=O) groups is 1. The van der Waals surface area contributed by atoms with E-state index < -0.39 is 32.7 Å². The monoisotopic (exact) mass is 609 g/mol. The van der Waals surface area contributed by atoms with Crippen LogP contribution >= 0.6 is 0 Å². The Kier molecular flexibility index (Phi) is 8.97. The van der Waals surface area contributed by atoms with Crippen LogP contribution in [0.3, 0.4) is 0 Å². The second-order valence-electron chi connectivity index (χ2n) is 10.2. The molecule has 43 heavy (non-hydrogen) atoms. The summed E-state index contributed by atoms with van der Waals surface area (Å²) in [5.74, 6) is 0. The summed E-state index contributed by atoms with van der Waals surface area (Å²) in [6.45, 7) is 2.88. The summed E-state index contributed by atoms with van der Waals surface area (Å²) < 4.78 is 70.4. The number of amides is 2. The molecule has 2 amide bonds. The molecule has 0 saturated carbocycles. The minimum absolute atomic E-state index is 0.118. The van der Waals surface area contributed by atoms with Crippen LogP contribution in [-0.4, -0.2) is 37.4 Å². The fourth-order valence-corrected chi connectivity index (χ4v) is 6.20. The molecule has 12 heteroatoms. The van der Waals surface area contributed by atoms with Crippen LogP contribution in [0, 0.1) is 0 Å². The van der Waals surface area contributed by atoms with Crippen LogP contribution in [-0.2, 0) is 29.3 Å². The zero-order chi connectivity index (χ0) is 30.5. The highest BCUT2D eigenvalue weighted by Crippen LogP contribution is 2.36. The van der Waals surface area contributed by atoms with E-state index in [1.54, 1.807) is 30.6 Å². The van der Waals surface area contributed by atoms with Gasteiger partial charge in [-0.3, -0.25) is 14.6 Å². The quantitative estimate of drug-likeness (QED) is 0.201. The topological polar surface area (TPSA) is 103 Å². The molecule has 224 valence electrons. The van der Waals surface area contributed by atoms with Crippen molar-refractivity contribution in [2.45, 2.75) is 37.0 Å². The third-order valence-corrected chi connectivity index (χ3v) is 8.43. The van der Waals surface area contributed by atoms with Crippen molar-refractivity contribution in [3.63, 3.8) is 0 Å². The lowest BCUT2D eigenvalue weighted by Crippen LogP contribution is -2.28. The first-order chi connectivity index (χ1) is 20.6. The van der Waals surface area contributed by atoms with Crippen LogP contribution in [0.4, 0.5) is 29.3 Å². The molecule has 0 bridgehead atoms. The summed E-state index contributed by atoms with van der Waals surface area (Å²) >= 11 is 0. The summed E-state index contributed by atoms with van der Waals surface area (Å²) in [5, 5.41) is 5.33. The van der Waals surface area contributed by atoms with Gasteiger partial charge >= 0.3 is 12.2 Å². The van der Waals surface area contributed by atoms with Gasteiger partial charge in [0.05, 0.1) is 10.5 Å². The number of sulfonamides is 1. The SMILES string of the molecule is O=C(NCc1cccnc1)Nc1ccc(NS(=O)(=O)c2cc(C(F)(F)F)ccc2-c2cccc(CN3CCCC3)c2)cc1. The summed E-state index contributed by atoms with van der Waals surface area (Å²) in [6.07, 6.45) is 0.751. The number of anilines is 2. The molecule has 8 nitrogen and oxygen atoms in total. The van der Waals surface area contributed by atoms with Gasteiger partial charge in [0.2, 0.25) is 0 Å². The number of nitrogens with zero attached hydrogens (tertiary/aromatic N) is 2. The molecule has 1 saturated heterocycles. The molecule has 3 aromatic carbocycles. The lowest BCUT2D eigenvalue weighted by molar-refractivity contribution is -0.137. The minimum atomic E-state index is -4.73. The highest BCUT2D eigenvalue weighted by molar-refractivity contribution is 7.92. The summed E-state index contributed by atoms with van der Waals surface area (Å²) in [5.41, 5.74) is 1.86. The number of hydrogen-bond acceptors (Lipinski definition) is 5. The van der Waals surface area contributed by atoms with Crippen molar-refractivity contribution in [2.24, 2.45) is 0 Å². The summed E-state index contributed by atoms with van der Waals surface area (Å²) in [6, 6.07) is 18.8. The number of pyridine rings is 1. The van der Waals surface area contributed by atoms with Crippen LogP contribution in [0.1, 0.15) is 29.5 Å². The largest absolute Gasteiger partial charge is 0.416 e. The Labute approximate surface area is 248 Å². The highest BCUT2D eigenvalue weighted by atomic mass is 32.2. The van der Waals surface area contributed by atoms with Gasteiger partial charge in [-0.1, -0.05) is 30.3 Å². The van der Waals surface area contributed by atoms with E-state index in [1.165, 1.54) is 30.3 Å². The van der Waals surface area contributed by atoms with Gasteiger partial charge in [0.25, 0.3) is 10.0 Å². The number of halogens is 3. The van der Waals surface area contributed by atoms with E-state index in [-0.39, 0.29) is 17.8 Å². The number of rotatable bonds is 9. The van der Waals surface area contributed by atoms with Crippen molar-refractivity contribution >= 4 is 27.4 Å². The molecular formula is C31H30F3N5O3S. The number of alkyl halides is 3. The fourth-order valence-electron chi connectivity index (χ4n) is 4.89. The van der Waals surface area contributed by atoms with Gasteiger partial charge < -0.3 is 10.6 Å². The lowest BCUT2D eigenvalue weighted by atomic mass is 10.0. The van der Waals surface area contributed by atoms with Crippen molar-refractivity contribution in [3.05, 3.63) is 108 Å². The zero-order valence-electron chi connectivity index (χ0n) is 23.1. The Hall–Kier alpha value is -4.42. The van der Waals surface area contributed by atoms with Crippen molar-refractivity contribution < 1.29 is 26.4 Å². The zero-order valence-corrected chi connectivity index (χ0v) is 23.9. The van der Waals surface area contributed by atoms with Crippen molar-refractivity contribution in [2.75, 3.05) is 23.1 Å². The number of nitrogens with one attached hydrogen (secondary N) is 3. The Morgan fingerprint density at radius 3 is 2.30 bits per heavy atom. The van der Waals surface area contributed by atoms with E-state index in [1.807, 2.05) is 18.2 Å². The van der Waals surface area contributed by atoms with E-state index in [4.69, 9.17) is 0 Å². The average molecular weight is 610 g/mol. The van der Waals surface area contributed by atoms with Crippen LogP contribution in [0.5, 0.6) is 0 Å². The van der Waals surface area contributed by atoms with Gasteiger partial charge in [-0.2, -0.15) is 13.2 Å². The first-order valence-electron chi connectivity index (χ1n) is 13.7. The maximum Gasteiger partial charge on any atom is 0.416 e. The standard InChI is InChI=1S/C31H30F3N5O3S/c32-31(33,34)25-8-13-28(24-7-3-5-22(17-24)21-39-15-1-2-16-39)29(18-25)43(41,42)38-27-11-9-26(10-12-27)37-30(40)36-20-23-6-4-14-35-19-23/h3-14,17-19,38H,1-2,15-16,20-21H2,(H2,36,37,40). The molecular weight excluding hydrogens is 579 g/mol. The first kappa shape index (κ1) is 30.1.